The van der Waals surface area contributed by atoms with Gasteiger partial charge in [0.15, 0.2) is 17.4 Å². The topological polar surface area (TPSA) is 67.2 Å². The fourth-order valence-electron chi connectivity index (χ4n) is 4.52. The minimum absolute atomic E-state index is 0.0411. The number of nitrogens with zero attached hydrogens (tertiary/aromatic N) is 1. The van der Waals surface area contributed by atoms with Crippen molar-refractivity contribution in [1.29, 1.82) is 0 Å². The summed E-state index contributed by atoms with van der Waals surface area (Å²) in [5, 5.41) is 10.7. The second-order valence-corrected chi connectivity index (χ2v) is 9.33. The molecule has 0 aliphatic carbocycles. The summed E-state index contributed by atoms with van der Waals surface area (Å²) in [6, 6.07) is 12.2. The third-order valence-corrected chi connectivity index (χ3v) is 6.96. The molecule has 2 aromatic carbocycles. The molecule has 0 spiro atoms. The summed E-state index contributed by atoms with van der Waals surface area (Å²) in [5.41, 5.74) is 3.42. The average Bonchev–Trinajstić information content (AvgIpc) is 3.16. The molecule has 1 aliphatic heterocycles. The summed E-state index contributed by atoms with van der Waals surface area (Å²) < 4.78 is 34.1. The number of carbonyl (C=O) groups is 1. The Hall–Kier alpha value is -2.58. The highest BCUT2D eigenvalue weighted by molar-refractivity contribution is 9.10. The first kappa shape index (κ1) is 23.6. The zero-order valence-corrected chi connectivity index (χ0v) is 20.1. The molecule has 3 atom stereocenters. The highest BCUT2D eigenvalue weighted by Gasteiger charge is 2.35. The molecule has 3 aromatic rings. The number of benzene rings is 2. The van der Waals surface area contributed by atoms with E-state index in [2.05, 4.69) is 38.6 Å². The summed E-state index contributed by atoms with van der Waals surface area (Å²) in [4.78, 5) is 11.2. The van der Waals surface area contributed by atoms with Gasteiger partial charge in [0, 0.05) is 37.5 Å². The molecule has 1 aliphatic rings. The minimum Gasteiger partial charge on any atom is -0.356 e. The Morgan fingerprint density at radius 3 is 2.76 bits per heavy atom. The van der Waals surface area contributed by atoms with Crippen molar-refractivity contribution in [3.05, 3.63) is 75.4 Å². The minimum atomic E-state index is -0.849. The van der Waals surface area contributed by atoms with Crippen LogP contribution in [0.4, 0.5) is 8.78 Å². The number of hydrogen-bond acceptors (Lipinski definition) is 4. The van der Waals surface area contributed by atoms with Gasteiger partial charge in [0.05, 0.1) is 4.47 Å². The number of aromatic nitrogens is 1. The second kappa shape index (κ2) is 10.1. The van der Waals surface area contributed by atoms with Crippen LogP contribution in [0.15, 0.2) is 51.5 Å². The van der Waals surface area contributed by atoms with E-state index in [0.717, 1.165) is 33.3 Å². The van der Waals surface area contributed by atoms with Gasteiger partial charge in [-0.05, 0) is 64.9 Å². The number of piperidine rings is 1. The number of carbonyl (C=O) groups excluding carboxylic acids is 1. The number of amides is 1. The smallest absolute Gasteiger partial charge is 0.216 e. The van der Waals surface area contributed by atoms with Gasteiger partial charge in [-0.25, -0.2) is 8.78 Å². The normalized spacial score (nSPS) is 20.6. The van der Waals surface area contributed by atoms with Crippen molar-refractivity contribution in [2.45, 2.75) is 44.6 Å². The van der Waals surface area contributed by atoms with Crippen molar-refractivity contribution in [3.8, 4) is 11.3 Å². The van der Waals surface area contributed by atoms with Gasteiger partial charge in [-0.3, -0.25) is 4.79 Å². The summed E-state index contributed by atoms with van der Waals surface area (Å²) in [7, 11) is 0. The molecule has 5 nitrogen and oxygen atoms in total. The highest BCUT2D eigenvalue weighted by atomic mass is 79.9. The SMILES string of the molecule is CC(=O)NCCc1ccccc1-c1onc([C@H]2CNC(C)C[C@@H]2c2ccc(F)c(F)c2)c1Br. The fourth-order valence-corrected chi connectivity index (χ4v) is 5.17. The van der Waals surface area contributed by atoms with Crippen LogP contribution in [0.2, 0.25) is 0 Å². The third-order valence-electron chi connectivity index (χ3n) is 6.19. The van der Waals surface area contributed by atoms with Crippen molar-refractivity contribution in [3.63, 3.8) is 0 Å². The molecule has 0 radical (unpaired) electrons. The fraction of sp³-hybridized carbons (Fsp3) is 0.360. The van der Waals surface area contributed by atoms with Crippen LogP contribution in [-0.2, 0) is 11.2 Å². The lowest BCUT2D eigenvalue weighted by atomic mass is 9.77. The van der Waals surface area contributed by atoms with Crippen LogP contribution in [0.5, 0.6) is 0 Å². The van der Waals surface area contributed by atoms with Gasteiger partial charge < -0.3 is 15.2 Å². The van der Waals surface area contributed by atoms with Crippen LogP contribution in [0.1, 0.15) is 48.9 Å². The zero-order chi connectivity index (χ0) is 23.5. The summed E-state index contributed by atoms with van der Waals surface area (Å²) in [6.45, 7) is 4.73. The molecule has 33 heavy (non-hydrogen) atoms. The van der Waals surface area contributed by atoms with E-state index in [1.807, 2.05) is 24.3 Å². The molecule has 8 heteroatoms. The molecule has 1 unspecified atom stereocenters. The second-order valence-electron chi connectivity index (χ2n) is 8.53. The lowest BCUT2D eigenvalue weighted by molar-refractivity contribution is -0.118. The zero-order valence-electron chi connectivity index (χ0n) is 18.5. The van der Waals surface area contributed by atoms with Gasteiger partial charge in [0.25, 0.3) is 0 Å². The average molecular weight is 518 g/mol. The number of halogens is 3. The maximum atomic E-state index is 14.0. The summed E-state index contributed by atoms with van der Waals surface area (Å²) >= 11 is 3.70. The molecule has 0 bridgehead atoms. The summed E-state index contributed by atoms with van der Waals surface area (Å²) in [5.74, 6) is -1.27. The molecule has 2 heterocycles. The van der Waals surface area contributed by atoms with E-state index in [1.165, 1.54) is 19.1 Å². The van der Waals surface area contributed by atoms with Crippen LogP contribution in [0.25, 0.3) is 11.3 Å². The number of hydrogen-bond donors (Lipinski definition) is 2. The molecule has 174 valence electrons. The molecule has 0 saturated carbocycles. The van der Waals surface area contributed by atoms with E-state index < -0.39 is 11.6 Å². The van der Waals surface area contributed by atoms with Crippen LogP contribution in [0.3, 0.4) is 0 Å². The standard InChI is InChI=1S/C25H26BrF2N3O2/c1-14-11-19(17-7-8-21(27)22(28)12-17)20(13-30-14)24-23(26)25(33-31-24)18-6-4-3-5-16(18)9-10-29-15(2)32/h3-8,12,14,19-20,30H,9-11,13H2,1-2H3,(H,29,32)/t14?,19-,20+/m1/s1. The first-order valence-electron chi connectivity index (χ1n) is 11.0. The van der Waals surface area contributed by atoms with Crippen LogP contribution < -0.4 is 10.6 Å². The number of nitrogens with one attached hydrogen (secondary N) is 2. The molecule has 1 saturated heterocycles. The van der Waals surface area contributed by atoms with E-state index >= 15 is 0 Å². The Morgan fingerprint density at radius 2 is 2.00 bits per heavy atom. The van der Waals surface area contributed by atoms with E-state index in [1.54, 1.807) is 6.07 Å². The lowest BCUT2D eigenvalue weighted by Gasteiger charge is -2.35. The van der Waals surface area contributed by atoms with E-state index in [4.69, 9.17) is 4.52 Å². The maximum absolute atomic E-state index is 14.0. The largest absolute Gasteiger partial charge is 0.356 e. The first-order valence-corrected chi connectivity index (χ1v) is 11.8. The van der Waals surface area contributed by atoms with E-state index in [9.17, 15) is 13.6 Å². The lowest BCUT2D eigenvalue weighted by Crippen LogP contribution is -2.40. The summed E-state index contributed by atoms with van der Waals surface area (Å²) in [6.07, 6.45) is 1.41. The van der Waals surface area contributed by atoms with Crippen LogP contribution >= 0.6 is 15.9 Å². The predicted octanol–water partition coefficient (Wildman–Crippen LogP) is 5.31. The Bertz CT molecular complexity index is 1150. The van der Waals surface area contributed by atoms with Crippen LogP contribution in [-0.4, -0.2) is 30.2 Å². The molecule has 1 aromatic heterocycles. The predicted molar refractivity (Wildman–Crippen MR) is 126 cm³/mol. The van der Waals surface area contributed by atoms with Gasteiger partial charge >= 0.3 is 0 Å². The quantitative estimate of drug-likeness (QED) is 0.464. The number of rotatable bonds is 6. The van der Waals surface area contributed by atoms with Crippen molar-refractivity contribution < 1.29 is 18.1 Å². The van der Waals surface area contributed by atoms with Gasteiger partial charge in [-0.2, -0.15) is 0 Å². The van der Waals surface area contributed by atoms with Crippen molar-refractivity contribution in [1.82, 2.24) is 15.8 Å². The Balaban J connectivity index is 1.66. The van der Waals surface area contributed by atoms with Gasteiger partial charge in [0.1, 0.15) is 5.69 Å². The molecule has 2 N–H and O–H groups in total. The third kappa shape index (κ3) is 5.17. The van der Waals surface area contributed by atoms with Crippen molar-refractivity contribution in [2.24, 2.45) is 0 Å². The van der Waals surface area contributed by atoms with Gasteiger partial charge in [0.2, 0.25) is 5.91 Å². The molecular weight excluding hydrogens is 492 g/mol. The first-order chi connectivity index (χ1) is 15.8. The van der Waals surface area contributed by atoms with E-state index in [-0.39, 0.29) is 23.8 Å². The Kier molecular flexibility index (Phi) is 7.24. The molecule has 1 amide bonds. The van der Waals surface area contributed by atoms with Gasteiger partial charge in [-0.1, -0.05) is 35.5 Å². The monoisotopic (exact) mass is 517 g/mol. The maximum Gasteiger partial charge on any atom is 0.216 e. The molecule has 4 rings (SSSR count). The Morgan fingerprint density at radius 1 is 1.21 bits per heavy atom. The molecular formula is C25H26BrF2N3O2. The van der Waals surface area contributed by atoms with Gasteiger partial charge in [-0.15, -0.1) is 0 Å². The highest BCUT2D eigenvalue weighted by Crippen LogP contribution is 2.44. The van der Waals surface area contributed by atoms with E-state index in [0.29, 0.717) is 25.3 Å². The van der Waals surface area contributed by atoms with Crippen molar-refractivity contribution in [2.75, 3.05) is 13.1 Å². The molecule has 1 fully saturated rings. The Labute approximate surface area is 200 Å². The van der Waals surface area contributed by atoms with Crippen molar-refractivity contribution >= 4 is 21.8 Å². The van der Waals surface area contributed by atoms with Crippen LogP contribution in [0, 0.1) is 11.6 Å².